The van der Waals surface area contributed by atoms with Gasteiger partial charge in [-0.2, -0.15) is 0 Å². The van der Waals surface area contributed by atoms with Gasteiger partial charge in [0.25, 0.3) is 0 Å². The summed E-state index contributed by atoms with van der Waals surface area (Å²) in [6.45, 7) is 0. The molecule has 0 spiro atoms. The minimum atomic E-state index is 0.0261. The number of benzene rings is 1. The van der Waals surface area contributed by atoms with Crippen molar-refractivity contribution in [3.8, 4) is 5.75 Å². The van der Waals surface area contributed by atoms with Crippen molar-refractivity contribution in [1.29, 1.82) is 0 Å². The minimum Gasteiger partial charge on any atom is -0.495 e. The van der Waals surface area contributed by atoms with Crippen LogP contribution in [0.5, 0.6) is 5.75 Å². The van der Waals surface area contributed by atoms with E-state index in [1.807, 2.05) is 12.1 Å². The lowest BCUT2D eigenvalue weighted by Gasteiger charge is -2.14. The maximum atomic E-state index is 12.1. The SMILES string of the molecule is COc1cccc2c1NC(=O)C2CC1CCCC1. The number of rotatable bonds is 3. The molecule has 1 heterocycles. The number of anilines is 1. The van der Waals surface area contributed by atoms with Crippen molar-refractivity contribution in [2.24, 2.45) is 5.92 Å². The third-order valence-corrected chi connectivity index (χ3v) is 4.26. The zero-order valence-electron chi connectivity index (χ0n) is 10.7. The smallest absolute Gasteiger partial charge is 0.232 e. The average Bonchev–Trinajstić information content (AvgIpc) is 2.99. The third-order valence-electron chi connectivity index (χ3n) is 4.26. The van der Waals surface area contributed by atoms with Crippen LogP contribution < -0.4 is 10.1 Å². The van der Waals surface area contributed by atoms with Gasteiger partial charge in [-0.1, -0.05) is 37.8 Å². The second-order valence-electron chi connectivity index (χ2n) is 5.35. The zero-order valence-corrected chi connectivity index (χ0v) is 10.7. The van der Waals surface area contributed by atoms with Crippen LogP contribution >= 0.6 is 0 Å². The molecule has 1 N–H and O–H groups in total. The number of methoxy groups -OCH3 is 1. The van der Waals surface area contributed by atoms with E-state index < -0.39 is 0 Å². The molecule has 0 aromatic heterocycles. The summed E-state index contributed by atoms with van der Waals surface area (Å²) in [6.07, 6.45) is 6.20. The lowest BCUT2D eigenvalue weighted by molar-refractivity contribution is -0.117. The molecular weight excluding hydrogens is 226 g/mol. The van der Waals surface area contributed by atoms with Gasteiger partial charge in [-0.15, -0.1) is 0 Å². The van der Waals surface area contributed by atoms with Crippen LogP contribution in [0.1, 0.15) is 43.6 Å². The maximum absolute atomic E-state index is 12.1. The van der Waals surface area contributed by atoms with Gasteiger partial charge in [-0.3, -0.25) is 4.79 Å². The number of nitrogens with one attached hydrogen (secondary N) is 1. The van der Waals surface area contributed by atoms with Gasteiger partial charge >= 0.3 is 0 Å². The van der Waals surface area contributed by atoms with E-state index >= 15 is 0 Å². The van der Waals surface area contributed by atoms with Crippen molar-refractivity contribution in [2.45, 2.75) is 38.0 Å². The van der Waals surface area contributed by atoms with Gasteiger partial charge in [0.05, 0.1) is 18.7 Å². The van der Waals surface area contributed by atoms with Crippen molar-refractivity contribution >= 4 is 11.6 Å². The van der Waals surface area contributed by atoms with E-state index in [9.17, 15) is 4.79 Å². The third kappa shape index (κ3) is 1.88. The molecular formula is C15H19NO2. The highest BCUT2D eigenvalue weighted by Gasteiger charge is 2.34. The van der Waals surface area contributed by atoms with Gasteiger partial charge in [0.1, 0.15) is 5.75 Å². The Bertz CT molecular complexity index is 464. The van der Waals surface area contributed by atoms with Gasteiger partial charge < -0.3 is 10.1 Å². The first-order valence-electron chi connectivity index (χ1n) is 6.77. The molecule has 3 rings (SSSR count). The summed E-state index contributed by atoms with van der Waals surface area (Å²) in [6, 6.07) is 5.92. The van der Waals surface area contributed by atoms with E-state index in [0.29, 0.717) is 0 Å². The number of fused-ring (bicyclic) bond motifs is 1. The standard InChI is InChI=1S/C15H19NO2/c1-18-13-8-4-7-11-12(15(17)16-14(11)13)9-10-5-2-3-6-10/h4,7-8,10,12H,2-3,5-6,9H2,1H3,(H,16,17). The van der Waals surface area contributed by atoms with Crippen molar-refractivity contribution in [3.05, 3.63) is 23.8 Å². The molecule has 1 aromatic carbocycles. The Morgan fingerprint density at radius 2 is 2.11 bits per heavy atom. The Balaban J connectivity index is 1.86. The molecule has 1 aromatic rings. The number of carbonyl (C=O) groups excluding carboxylic acids is 1. The molecule has 1 unspecified atom stereocenters. The molecule has 1 atom stereocenters. The molecule has 96 valence electrons. The highest BCUT2D eigenvalue weighted by atomic mass is 16.5. The van der Waals surface area contributed by atoms with Crippen LogP contribution in [0.15, 0.2) is 18.2 Å². The highest BCUT2D eigenvalue weighted by molar-refractivity contribution is 6.04. The number of carbonyl (C=O) groups is 1. The van der Waals surface area contributed by atoms with Crippen molar-refractivity contribution < 1.29 is 9.53 Å². The summed E-state index contributed by atoms with van der Waals surface area (Å²) in [5, 5.41) is 2.98. The van der Waals surface area contributed by atoms with Crippen LogP contribution in [0.3, 0.4) is 0 Å². The fraction of sp³-hybridized carbons (Fsp3) is 0.533. The molecule has 1 saturated carbocycles. The zero-order chi connectivity index (χ0) is 12.5. The number of hydrogen-bond donors (Lipinski definition) is 1. The van der Waals surface area contributed by atoms with Gasteiger partial charge in [0.2, 0.25) is 5.91 Å². The molecule has 1 amide bonds. The van der Waals surface area contributed by atoms with Crippen LogP contribution in [0.25, 0.3) is 0 Å². The van der Waals surface area contributed by atoms with E-state index in [1.54, 1.807) is 7.11 Å². The van der Waals surface area contributed by atoms with E-state index in [0.717, 1.165) is 29.3 Å². The lowest BCUT2D eigenvalue weighted by atomic mass is 9.89. The van der Waals surface area contributed by atoms with E-state index in [1.165, 1.54) is 25.7 Å². The molecule has 0 radical (unpaired) electrons. The topological polar surface area (TPSA) is 38.3 Å². The summed E-state index contributed by atoms with van der Waals surface area (Å²) in [5.74, 6) is 1.66. The lowest BCUT2D eigenvalue weighted by Crippen LogP contribution is -2.14. The Morgan fingerprint density at radius 1 is 1.33 bits per heavy atom. The minimum absolute atomic E-state index is 0.0261. The van der Waals surface area contributed by atoms with Crippen molar-refractivity contribution in [1.82, 2.24) is 0 Å². The largest absolute Gasteiger partial charge is 0.495 e. The fourth-order valence-electron chi connectivity index (χ4n) is 3.31. The quantitative estimate of drug-likeness (QED) is 0.887. The molecule has 2 aliphatic rings. The van der Waals surface area contributed by atoms with Crippen LogP contribution in [-0.4, -0.2) is 13.0 Å². The molecule has 18 heavy (non-hydrogen) atoms. The summed E-state index contributed by atoms with van der Waals surface area (Å²) in [4.78, 5) is 12.1. The second-order valence-corrected chi connectivity index (χ2v) is 5.35. The van der Waals surface area contributed by atoms with Crippen LogP contribution in [0.2, 0.25) is 0 Å². The monoisotopic (exact) mass is 245 g/mol. The first-order chi connectivity index (χ1) is 8.79. The van der Waals surface area contributed by atoms with Gasteiger partial charge in [0.15, 0.2) is 0 Å². The van der Waals surface area contributed by atoms with Crippen LogP contribution in [0, 0.1) is 5.92 Å². The van der Waals surface area contributed by atoms with Gasteiger partial charge in [0, 0.05) is 0 Å². The number of amides is 1. The predicted octanol–water partition coefficient (Wildman–Crippen LogP) is 3.31. The Kier molecular flexibility index (Phi) is 2.98. The first-order valence-corrected chi connectivity index (χ1v) is 6.77. The van der Waals surface area contributed by atoms with Crippen LogP contribution in [-0.2, 0) is 4.79 Å². The van der Waals surface area contributed by atoms with Crippen molar-refractivity contribution in [3.63, 3.8) is 0 Å². The Morgan fingerprint density at radius 3 is 2.83 bits per heavy atom. The summed E-state index contributed by atoms with van der Waals surface area (Å²) >= 11 is 0. The molecule has 0 bridgehead atoms. The van der Waals surface area contributed by atoms with Gasteiger partial charge in [-0.05, 0) is 24.0 Å². The van der Waals surface area contributed by atoms with Crippen molar-refractivity contribution in [2.75, 3.05) is 12.4 Å². The summed E-state index contributed by atoms with van der Waals surface area (Å²) < 4.78 is 5.31. The Hall–Kier alpha value is -1.51. The molecule has 3 nitrogen and oxygen atoms in total. The highest BCUT2D eigenvalue weighted by Crippen LogP contribution is 2.43. The number of ether oxygens (including phenoxy) is 1. The van der Waals surface area contributed by atoms with Crippen LogP contribution in [0.4, 0.5) is 5.69 Å². The number of hydrogen-bond acceptors (Lipinski definition) is 2. The van der Waals surface area contributed by atoms with E-state index in [-0.39, 0.29) is 11.8 Å². The average molecular weight is 245 g/mol. The predicted molar refractivity (Wildman–Crippen MR) is 70.9 cm³/mol. The summed E-state index contributed by atoms with van der Waals surface area (Å²) in [7, 11) is 1.64. The van der Waals surface area contributed by atoms with Gasteiger partial charge in [-0.25, -0.2) is 0 Å². The Labute approximate surface area is 108 Å². The fourth-order valence-corrected chi connectivity index (χ4v) is 3.31. The second kappa shape index (κ2) is 4.63. The first kappa shape index (κ1) is 11.6. The van der Waals surface area contributed by atoms with E-state index in [2.05, 4.69) is 11.4 Å². The molecule has 1 fully saturated rings. The van der Waals surface area contributed by atoms with E-state index in [4.69, 9.17) is 4.74 Å². The molecule has 1 aliphatic carbocycles. The number of para-hydroxylation sites is 1. The molecule has 1 aliphatic heterocycles. The molecule has 0 saturated heterocycles. The normalized spacial score (nSPS) is 22.9. The maximum Gasteiger partial charge on any atom is 0.232 e. The molecule has 3 heteroatoms. The summed E-state index contributed by atoms with van der Waals surface area (Å²) in [5.41, 5.74) is 2.00.